The fraction of sp³-hybridized carbons (Fsp3) is 0.333. The Balaban J connectivity index is 1.73. The Morgan fingerprint density at radius 1 is 1.00 bits per heavy atom. The quantitative estimate of drug-likeness (QED) is 0.258. The first kappa shape index (κ1) is 24.5. The van der Waals surface area contributed by atoms with Crippen molar-refractivity contribution in [2.75, 3.05) is 6.54 Å². The summed E-state index contributed by atoms with van der Waals surface area (Å²) in [7, 11) is -0.656. The molecule has 1 fully saturated rings. The van der Waals surface area contributed by atoms with Gasteiger partial charge in [-0.15, -0.1) is 0 Å². The SMILES string of the molecule is CC1(C)OB(C(=Cc2ccc(C(=O)NN)cc2)CNC(=O)OCc2ccccc2)OC1(C)C. The van der Waals surface area contributed by atoms with Crippen LogP contribution >= 0.6 is 0 Å². The minimum atomic E-state index is -0.656. The van der Waals surface area contributed by atoms with Crippen LogP contribution in [-0.2, 0) is 20.7 Å². The molecule has 174 valence electrons. The van der Waals surface area contributed by atoms with Crippen LogP contribution in [0.2, 0.25) is 0 Å². The van der Waals surface area contributed by atoms with Gasteiger partial charge in [0.1, 0.15) is 6.61 Å². The van der Waals surface area contributed by atoms with Crippen molar-refractivity contribution in [2.24, 2.45) is 5.84 Å². The Morgan fingerprint density at radius 2 is 1.61 bits per heavy atom. The van der Waals surface area contributed by atoms with Gasteiger partial charge in [-0.2, -0.15) is 0 Å². The average Bonchev–Trinajstić information content (AvgIpc) is 3.02. The Labute approximate surface area is 194 Å². The number of carbonyl (C=O) groups excluding carboxylic acids is 2. The summed E-state index contributed by atoms with van der Waals surface area (Å²) in [4.78, 5) is 24.0. The monoisotopic (exact) mass is 451 g/mol. The van der Waals surface area contributed by atoms with Gasteiger partial charge < -0.3 is 19.4 Å². The first-order valence-corrected chi connectivity index (χ1v) is 10.7. The zero-order valence-electron chi connectivity index (χ0n) is 19.4. The topological polar surface area (TPSA) is 112 Å². The summed E-state index contributed by atoms with van der Waals surface area (Å²) in [6.45, 7) is 8.19. The number of amides is 2. The average molecular weight is 451 g/mol. The molecular weight excluding hydrogens is 421 g/mol. The highest BCUT2D eigenvalue weighted by molar-refractivity contribution is 6.56. The van der Waals surface area contributed by atoms with Gasteiger partial charge in [0, 0.05) is 12.1 Å². The van der Waals surface area contributed by atoms with E-state index in [1.54, 1.807) is 24.3 Å². The molecule has 3 rings (SSSR count). The Bertz CT molecular complexity index is 991. The van der Waals surface area contributed by atoms with Gasteiger partial charge in [0.25, 0.3) is 5.91 Å². The molecule has 0 aromatic heterocycles. The van der Waals surface area contributed by atoms with E-state index in [2.05, 4.69) is 10.7 Å². The molecule has 0 spiro atoms. The molecule has 2 amide bonds. The van der Waals surface area contributed by atoms with Gasteiger partial charge in [-0.25, -0.2) is 10.6 Å². The summed E-state index contributed by atoms with van der Waals surface area (Å²) in [5.74, 6) is 4.81. The molecule has 8 nitrogen and oxygen atoms in total. The molecule has 33 heavy (non-hydrogen) atoms. The van der Waals surface area contributed by atoms with Crippen LogP contribution in [0.3, 0.4) is 0 Å². The molecule has 2 aromatic carbocycles. The lowest BCUT2D eigenvalue weighted by Crippen LogP contribution is -2.41. The van der Waals surface area contributed by atoms with Crippen molar-refractivity contribution in [2.45, 2.75) is 45.5 Å². The van der Waals surface area contributed by atoms with Gasteiger partial charge in [0.05, 0.1) is 11.2 Å². The van der Waals surface area contributed by atoms with Crippen molar-refractivity contribution >= 4 is 25.2 Å². The van der Waals surface area contributed by atoms with Gasteiger partial charge in [-0.1, -0.05) is 48.5 Å². The maximum absolute atomic E-state index is 12.3. The Morgan fingerprint density at radius 3 is 2.18 bits per heavy atom. The lowest BCUT2D eigenvalue weighted by atomic mass is 9.77. The first-order valence-electron chi connectivity index (χ1n) is 10.7. The molecule has 2 aromatic rings. The molecule has 1 saturated heterocycles. The number of rotatable bonds is 7. The summed E-state index contributed by atoms with van der Waals surface area (Å²) in [5, 5.41) is 2.77. The summed E-state index contributed by atoms with van der Waals surface area (Å²) in [6.07, 6.45) is 1.32. The second-order valence-corrected chi connectivity index (χ2v) is 8.82. The van der Waals surface area contributed by atoms with E-state index < -0.39 is 24.4 Å². The molecule has 0 aliphatic carbocycles. The second-order valence-electron chi connectivity index (χ2n) is 8.82. The van der Waals surface area contributed by atoms with Crippen molar-refractivity contribution in [1.82, 2.24) is 10.7 Å². The standard InChI is InChI=1S/C24H30BN3O5/c1-23(2)24(3,4)33-25(32-23)20(14-17-10-12-19(13-11-17)21(29)28-26)15-27-22(30)31-16-18-8-6-5-7-9-18/h5-14H,15-16,26H2,1-4H3,(H,27,30)(H,28,29). The van der Waals surface area contributed by atoms with E-state index in [1.165, 1.54) is 0 Å². The van der Waals surface area contributed by atoms with Crippen LogP contribution < -0.4 is 16.6 Å². The van der Waals surface area contributed by atoms with Crippen molar-refractivity contribution in [3.8, 4) is 0 Å². The predicted molar refractivity (Wildman–Crippen MR) is 127 cm³/mol. The number of hydrogen-bond donors (Lipinski definition) is 3. The van der Waals surface area contributed by atoms with Crippen LogP contribution in [0.1, 0.15) is 49.2 Å². The van der Waals surface area contributed by atoms with Crippen LogP contribution in [0.15, 0.2) is 60.1 Å². The Kier molecular flexibility index (Phi) is 7.58. The van der Waals surface area contributed by atoms with Crippen LogP contribution in [0.4, 0.5) is 4.79 Å². The highest BCUT2D eigenvalue weighted by Gasteiger charge is 2.52. The van der Waals surface area contributed by atoms with Crippen LogP contribution in [0.5, 0.6) is 0 Å². The van der Waals surface area contributed by atoms with Gasteiger partial charge in [0.2, 0.25) is 0 Å². The lowest BCUT2D eigenvalue weighted by molar-refractivity contribution is 0.00578. The van der Waals surface area contributed by atoms with Crippen molar-refractivity contribution in [1.29, 1.82) is 0 Å². The summed E-state index contributed by atoms with van der Waals surface area (Å²) >= 11 is 0. The van der Waals surface area contributed by atoms with Gasteiger partial charge in [-0.3, -0.25) is 10.2 Å². The zero-order valence-corrected chi connectivity index (χ0v) is 19.4. The fourth-order valence-electron chi connectivity index (χ4n) is 3.17. The fourth-order valence-corrected chi connectivity index (χ4v) is 3.17. The van der Waals surface area contributed by atoms with Crippen LogP contribution in [0, 0.1) is 0 Å². The van der Waals surface area contributed by atoms with Crippen LogP contribution in [-0.4, -0.2) is 36.9 Å². The molecule has 4 N–H and O–H groups in total. The number of nitrogen functional groups attached to an aromatic ring is 1. The van der Waals surface area contributed by atoms with E-state index in [0.29, 0.717) is 11.0 Å². The third kappa shape index (κ3) is 6.22. The van der Waals surface area contributed by atoms with Gasteiger partial charge >= 0.3 is 13.2 Å². The highest BCUT2D eigenvalue weighted by Crippen LogP contribution is 2.38. The van der Waals surface area contributed by atoms with E-state index in [1.807, 2.05) is 64.1 Å². The molecule has 0 unspecified atom stereocenters. The number of hydrazine groups is 1. The van der Waals surface area contributed by atoms with E-state index in [4.69, 9.17) is 19.9 Å². The summed E-state index contributed by atoms with van der Waals surface area (Å²) in [5.41, 5.74) is 3.90. The molecule has 0 bridgehead atoms. The third-order valence-electron chi connectivity index (χ3n) is 5.86. The normalized spacial score (nSPS) is 16.9. The molecule has 0 saturated carbocycles. The van der Waals surface area contributed by atoms with E-state index in [9.17, 15) is 9.59 Å². The largest absolute Gasteiger partial charge is 0.492 e. The molecular formula is C24H30BN3O5. The molecule has 1 heterocycles. The molecule has 0 radical (unpaired) electrons. The van der Waals surface area contributed by atoms with Gasteiger partial charge in [0.15, 0.2) is 0 Å². The minimum Gasteiger partial charge on any atom is -0.445 e. The number of carbonyl (C=O) groups is 2. The number of nitrogens with two attached hydrogens (primary N) is 1. The summed E-state index contributed by atoms with van der Waals surface area (Å²) < 4.78 is 17.7. The molecule has 1 aliphatic rings. The maximum Gasteiger partial charge on any atom is 0.492 e. The molecule has 9 heteroatoms. The third-order valence-corrected chi connectivity index (χ3v) is 5.86. The highest BCUT2D eigenvalue weighted by atomic mass is 16.7. The number of alkyl carbamates (subject to hydrolysis) is 1. The summed E-state index contributed by atoms with van der Waals surface area (Å²) in [6, 6.07) is 16.3. The van der Waals surface area contributed by atoms with E-state index in [-0.39, 0.29) is 19.1 Å². The van der Waals surface area contributed by atoms with Crippen molar-refractivity contribution in [3.05, 3.63) is 76.8 Å². The smallest absolute Gasteiger partial charge is 0.445 e. The second kappa shape index (κ2) is 10.2. The lowest BCUT2D eigenvalue weighted by Gasteiger charge is -2.32. The first-order chi connectivity index (χ1) is 15.6. The number of nitrogens with one attached hydrogen (secondary N) is 2. The molecule has 1 aliphatic heterocycles. The number of hydrogen-bond acceptors (Lipinski definition) is 6. The predicted octanol–water partition coefficient (Wildman–Crippen LogP) is 3.23. The van der Waals surface area contributed by atoms with E-state index >= 15 is 0 Å². The van der Waals surface area contributed by atoms with Gasteiger partial charge in [-0.05, 0) is 56.4 Å². The number of ether oxygens (including phenoxy) is 1. The van der Waals surface area contributed by atoms with Crippen molar-refractivity contribution in [3.63, 3.8) is 0 Å². The minimum absolute atomic E-state index is 0.162. The number of benzene rings is 2. The van der Waals surface area contributed by atoms with Crippen molar-refractivity contribution < 1.29 is 23.6 Å². The Hall–Kier alpha value is -3.14. The zero-order chi connectivity index (χ0) is 24.1. The van der Waals surface area contributed by atoms with E-state index in [0.717, 1.165) is 11.1 Å². The maximum atomic E-state index is 12.3. The molecule has 0 atom stereocenters. The van der Waals surface area contributed by atoms with Crippen LogP contribution in [0.25, 0.3) is 6.08 Å².